The number of aryl methyl sites for hydroxylation is 1. The number of carbonyl (C=O) groups excluding carboxylic acids is 3. The molecule has 4 N–H and O–H groups in total. The lowest BCUT2D eigenvalue weighted by atomic mass is 10.0. The second-order valence-corrected chi connectivity index (χ2v) is 6.39. The highest BCUT2D eigenvalue weighted by Crippen LogP contribution is 2.35. The summed E-state index contributed by atoms with van der Waals surface area (Å²) in [4.78, 5) is 30.6. The van der Waals surface area contributed by atoms with Crippen molar-refractivity contribution in [3.63, 3.8) is 0 Å². The number of phenolic OH excluding ortho intramolecular Hbond substituents is 2. The first-order valence-corrected chi connectivity index (χ1v) is 9.52. The van der Waals surface area contributed by atoms with Crippen LogP contribution in [0.3, 0.4) is 0 Å². The standard InChI is InChI=1S/C20H28N2O3.2CH2O/c1-3-22(11-7-5-4-6-10-21)20(25)15-8-9-17-14(2)19(24)18(23)13-16(17)12-15;2*1-2/h8-9,12-13,23-24H,3-7,10-11,21H2,1-2H3;2*1H2. The van der Waals surface area contributed by atoms with Gasteiger partial charge in [-0.25, -0.2) is 0 Å². The van der Waals surface area contributed by atoms with Crippen LogP contribution in [0.2, 0.25) is 0 Å². The largest absolute Gasteiger partial charge is 0.504 e. The van der Waals surface area contributed by atoms with Crippen LogP contribution in [0.1, 0.15) is 48.5 Å². The third-order valence-corrected chi connectivity index (χ3v) is 4.64. The van der Waals surface area contributed by atoms with Crippen LogP contribution < -0.4 is 5.73 Å². The summed E-state index contributed by atoms with van der Waals surface area (Å²) in [5, 5.41) is 21.2. The Labute approximate surface area is 172 Å². The van der Waals surface area contributed by atoms with E-state index < -0.39 is 0 Å². The van der Waals surface area contributed by atoms with Crippen LogP contribution in [0.5, 0.6) is 11.5 Å². The van der Waals surface area contributed by atoms with Crippen LogP contribution in [0, 0.1) is 6.92 Å². The SMILES string of the molecule is C=O.C=O.CCN(CCCCCCN)C(=O)c1ccc2c(C)c(O)c(O)cc2c1. The van der Waals surface area contributed by atoms with Crippen LogP contribution >= 0.6 is 0 Å². The van der Waals surface area contributed by atoms with Crippen molar-refractivity contribution in [1.82, 2.24) is 4.90 Å². The van der Waals surface area contributed by atoms with Gasteiger partial charge >= 0.3 is 0 Å². The molecule has 2 aromatic carbocycles. The molecule has 0 unspecified atom stereocenters. The van der Waals surface area contributed by atoms with Crippen LogP contribution in [0.15, 0.2) is 24.3 Å². The smallest absolute Gasteiger partial charge is 0.253 e. The van der Waals surface area contributed by atoms with Gasteiger partial charge in [-0.15, -0.1) is 0 Å². The molecule has 0 aliphatic heterocycles. The first-order valence-electron chi connectivity index (χ1n) is 9.52. The third-order valence-electron chi connectivity index (χ3n) is 4.64. The second-order valence-electron chi connectivity index (χ2n) is 6.39. The van der Waals surface area contributed by atoms with Crippen LogP contribution in [0.25, 0.3) is 10.8 Å². The lowest BCUT2D eigenvalue weighted by Crippen LogP contribution is -2.31. The summed E-state index contributed by atoms with van der Waals surface area (Å²) in [5.74, 6) is -0.283. The molecule has 0 fully saturated rings. The molecule has 0 aliphatic carbocycles. The number of carbonyl (C=O) groups is 3. The van der Waals surface area contributed by atoms with Crippen molar-refractivity contribution in [2.45, 2.75) is 39.5 Å². The minimum Gasteiger partial charge on any atom is -0.504 e. The Morgan fingerprint density at radius 1 is 1.03 bits per heavy atom. The highest BCUT2D eigenvalue weighted by Gasteiger charge is 2.16. The number of phenols is 2. The van der Waals surface area contributed by atoms with Crippen molar-refractivity contribution >= 4 is 30.3 Å². The number of unbranched alkanes of at least 4 members (excludes halogenated alkanes) is 3. The molecular weight excluding hydrogens is 372 g/mol. The summed E-state index contributed by atoms with van der Waals surface area (Å²) in [7, 11) is 0. The number of hydrogen-bond acceptors (Lipinski definition) is 6. The van der Waals surface area contributed by atoms with Crippen molar-refractivity contribution in [1.29, 1.82) is 0 Å². The van der Waals surface area contributed by atoms with Crippen LogP contribution in [0.4, 0.5) is 0 Å². The van der Waals surface area contributed by atoms with Gasteiger partial charge in [0.15, 0.2) is 11.5 Å². The summed E-state index contributed by atoms with van der Waals surface area (Å²) >= 11 is 0. The van der Waals surface area contributed by atoms with Crippen LogP contribution in [-0.4, -0.2) is 54.2 Å². The number of fused-ring (bicyclic) bond motifs is 1. The van der Waals surface area contributed by atoms with Gasteiger partial charge in [0.1, 0.15) is 13.6 Å². The number of aromatic hydroxyl groups is 2. The molecule has 0 atom stereocenters. The molecule has 2 aromatic rings. The van der Waals surface area contributed by atoms with Gasteiger partial charge in [-0.2, -0.15) is 0 Å². The van der Waals surface area contributed by atoms with Gasteiger partial charge < -0.3 is 30.4 Å². The fourth-order valence-electron chi connectivity index (χ4n) is 3.08. The molecule has 7 nitrogen and oxygen atoms in total. The van der Waals surface area contributed by atoms with Gasteiger partial charge in [-0.1, -0.05) is 18.9 Å². The van der Waals surface area contributed by atoms with Gasteiger partial charge in [0.25, 0.3) is 5.91 Å². The fourth-order valence-corrected chi connectivity index (χ4v) is 3.08. The summed E-state index contributed by atoms with van der Waals surface area (Å²) in [6, 6.07) is 6.88. The van der Waals surface area contributed by atoms with E-state index in [9.17, 15) is 15.0 Å². The van der Waals surface area contributed by atoms with E-state index in [2.05, 4.69) is 0 Å². The maximum atomic E-state index is 12.8. The average Bonchev–Trinajstić information content (AvgIpc) is 2.76. The van der Waals surface area contributed by atoms with Crippen molar-refractivity contribution < 1.29 is 24.6 Å². The molecule has 0 spiro atoms. The lowest BCUT2D eigenvalue weighted by Gasteiger charge is -2.21. The molecule has 0 aliphatic rings. The van der Waals surface area contributed by atoms with Crippen molar-refractivity contribution in [3.05, 3.63) is 35.4 Å². The molecule has 0 heterocycles. The van der Waals surface area contributed by atoms with E-state index in [-0.39, 0.29) is 17.4 Å². The van der Waals surface area contributed by atoms with Gasteiger partial charge in [0.05, 0.1) is 0 Å². The molecule has 0 aromatic heterocycles. The first kappa shape index (κ1) is 26.1. The molecular formula is C22H32N2O5. The maximum absolute atomic E-state index is 12.8. The Morgan fingerprint density at radius 3 is 2.24 bits per heavy atom. The highest BCUT2D eigenvalue weighted by atomic mass is 16.3. The van der Waals surface area contributed by atoms with E-state index in [1.807, 2.05) is 31.5 Å². The van der Waals surface area contributed by atoms with E-state index in [1.165, 1.54) is 6.07 Å². The topological polar surface area (TPSA) is 121 Å². The Balaban J connectivity index is 0.00000184. The Morgan fingerprint density at radius 2 is 1.66 bits per heavy atom. The van der Waals surface area contributed by atoms with Gasteiger partial charge in [-0.05, 0) is 62.2 Å². The van der Waals surface area contributed by atoms with Crippen LogP contribution in [-0.2, 0) is 9.59 Å². The van der Waals surface area contributed by atoms with E-state index in [0.29, 0.717) is 17.7 Å². The second kappa shape index (κ2) is 14.1. The van der Waals surface area contributed by atoms with E-state index in [1.54, 1.807) is 19.1 Å². The summed E-state index contributed by atoms with van der Waals surface area (Å²) in [5.41, 5.74) is 6.71. The number of hydrogen-bond donors (Lipinski definition) is 3. The summed E-state index contributed by atoms with van der Waals surface area (Å²) < 4.78 is 0. The van der Waals surface area contributed by atoms with Crippen molar-refractivity contribution in [2.24, 2.45) is 5.73 Å². The van der Waals surface area contributed by atoms with Gasteiger partial charge in [0, 0.05) is 24.2 Å². The van der Waals surface area contributed by atoms with E-state index in [4.69, 9.17) is 15.3 Å². The minimum atomic E-state index is -0.165. The van der Waals surface area contributed by atoms with E-state index in [0.717, 1.165) is 49.5 Å². The van der Waals surface area contributed by atoms with Crippen molar-refractivity contribution in [3.8, 4) is 11.5 Å². The summed E-state index contributed by atoms with van der Waals surface area (Å²) in [6.45, 7) is 9.84. The molecule has 7 heteroatoms. The lowest BCUT2D eigenvalue weighted by molar-refractivity contribution is -0.0987. The first-order chi connectivity index (χ1) is 14.0. The predicted octanol–water partition coefficient (Wildman–Crippen LogP) is 3.17. The molecule has 0 radical (unpaired) electrons. The van der Waals surface area contributed by atoms with Crippen molar-refractivity contribution in [2.75, 3.05) is 19.6 Å². The normalized spacial score (nSPS) is 9.76. The maximum Gasteiger partial charge on any atom is 0.253 e. The zero-order valence-corrected chi connectivity index (χ0v) is 17.3. The van der Waals surface area contributed by atoms with Gasteiger partial charge in [-0.3, -0.25) is 4.79 Å². The average molecular weight is 405 g/mol. The Bertz CT molecular complexity index is 777. The minimum absolute atomic E-state index is 0.00607. The molecule has 1 amide bonds. The number of nitrogens with two attached hydrogens (primary N) is 1. The van der Waals surface area contributed by atoms with Gasteiger partial charge in [0.2, 0.25) is 0 Å². The number of nitrogens with zero attached hydrogens (tertiary/aromatic N) is 1. The Kier molecular flexibility index (Phi) is 12.7. The molecule has 160 valence electrons. The number of amides is 1. The molecule has 0 saturated heterocycles. The van der Waals surface area contributed by atoms with E-state index >= 15 is 0 Å². The quantitative estimate of drug-likeness (QED) is 0.459. The zero-order chi connectivity index (χ0) is 22.4. The highest BCUT2D eigenvalue weighted by molar-refractivity contribution is 6.00. The Hall–Kier alpha value is -2.93. The molecule has 29 heavy (non-hydrogen) atoms. The summed E-state index contributed by atoms with van der Waals surface area (Å²) in [6.07, 6.45) is 4.17. The molecule has 2 rings (SSSR count). The molecule has 0 saturated carbocycles. The number of benzene rings is 2. The zero-order valence-electron chi connectivity index (χ0n) is 17.3. The number of rotatable bonds is 8. The predicted molar refractivity (Wildman–Crippen MR) is 115 cm³/mol. The molecule has 0 bridgehead atoms. The third kappa shape index (κ3) is 7.19. The monoisotopic (exact) mass is 404 g/mol. The fraction of sp³-hybridized carbons (Fsp3) is 0.409.